The van der Waals surface area contributed by atoms with Gasteiger partial charge in [-0.3, -0.25) is 9.78 Å². The van der Waals surface area contributed by atoms with Crippen LogP contribution >= 0.6 is 23.2 Å². The van der Waals surface area contributed by atoms with Crippen LogP contribution in [0.5, 0.6) is 5.75 Å². The molecule has 0 fully saturated rings. The summed E-state index contributed by atoms with van der Waals surface area (Å²) in [5.41, 5.74) is 4.10. The predicted octanol–water partition coefficient (Wildman–Crippen LogP) is 5.58. The van der Waals surface area contributed by atoms with Crippen molar-refractivity contribution in [3.63, 3.8) is 0 Å². The number of carbonyl (C=O) groups is 1. The number of nitrogens with zero attached hydrogens (tertiary/aromatic N) is 1. The van der Waals surface area contributed by atoms with Crippen molar-refractivity contribution in [3.05, 3.63) is 81.6 Å². The summed E-state index contributed by atoms with van der Waals surface area (Å²) in [6.07, 6.45) is 5.25. The van der Waals surface area contributed by atoms with E-state index < -0.39 is 0 Å². The molecule has 0 bridgehead atoms. The molecule has 2 heterocycles. The number of amides is 1. The van der Waals surface area contributed by atoms with Crippen molar-refractivity contribution in [2.45, 2.75) is 19.4 Å². The molecule has 7 heteroatoms. The first-order valence-corrected chi connectivity index (χ1v) is 10.1. The van der Waals surface area contributed by atoms with E-state index in [4.69, 9.17) is 27.9 Å². The zero-order valence-electron chi connectivity index (χ0n) is 15.5. The largest absolute Gasteiger partial charge is 0.487 e. The number of pyridine rings is 1. The van der Waals surface area contributed by atoms with Crippen molar-refractivity contribution in [3.8, 4) is 5.75 Å². The molecule has 1 aromatic heterocycles. The molecular formula is C22H19Cl2N3O2. The van der Waals surface area contributed by atoms with Gasteiger partial charge in [0, 0.05) is 35.6 Å². The molecule has 0 atom stereocenters. The van der Waals surface area contributed by atoms with Gasteiger partial charge in [0.15, 0.2) is 0 Å². The number of benzene rings is 2. The van der Waals surface area contributed by atoms with Gasteiger partial charge in [-0.15, -0.1) is 0 Å². The number of para-hydroxylation sites is 1. The van der Waals surface area contributed by atoms with Gasteiger partial charge >= 0.3 is 0 Å². The fourth-order valence-corrected chi connectivity index (χ4v) is 3.63. The Morgan fingerprint density at radius 2 is 2.10 bits per heavy atom. The van der Waals surface area contributed by atoms with Crippen LogP contribution in [0.2, 0.25) is 10.0 Å². The quantitative estimate of drug-likeness (QED) is 0.557. The summed E-state index contributed by atoms with van der Waals surface area (Å²) in [4.78, 5) is 17.1. The maximum Gasteiger partial charge on any atom is 0.257 e. The van der Waals surface area contributed by atoms with Gasteiger partial charge in [-0.2, -0.15) is 0 Å². The third kappa shape index (κ3) is 4.47. The van der Waals surface area contributed by atoms with Crippen molar-refractivity contribution in [1.29, 1.82) is 0 Å². The van der Waals surface area contributed by atoms with Crippen LogP contribution < -0.4 is 15.4 Å². The standard InChI is InChI=1S/C22H19Cl2N3O2/c23-16-6-7-18(24)20(11-16)29-13-15-8-10-25-12-17(15)22(28)27-19-5-1-3-14-4-2-9-26-21(14)19/h1,3,5-8,10-12,26H,2,4,9,13H2,(H,27,28). The molecule has 0 aliphatic carbocycles. The minimum absolute atomic E-state index is 0.163. The molecule has 1 amide bonds. The van der Waals surface area contributed by atoms with E-state index in [1.165, 1.54) is 11.8 Å². The van der Waals surface area contributed by atoms with Crippen LogP contribution in [-0.2, 0) is 13.0 Å². The number of carbonyl (C=O) groups excluding carboxylic acids is 1. The molecule has 0 unspecified atom stereocenters. The molecule has 1 aliphatic heterocycles. The van der Waals surface area contributed by atoms with Crippen LogP contribution in [0.15, 0.2) is 54.9 Å². The van der Waals surface area contributed by atoms with Gasteiger partial charge in [0.2, 0.25) is 0 Å². The topological polar surface area (TPSA) is 63.2 Å². The summed E-state index contributed by atoms with van der Waals surface area (Å²) in [5.74, 6) is 0.221. The van der Waals surface area contributed by atoms with Crippen molar-refractivity contribution in [2.75, 3.05) is 17.2 Å². The van der Waals surface area contributed by atoms with Gasteiger partial charge < -0.3 is 15.4 Å². The summed E-state index contributed by atoms with van der Waals surface area (Å²) in [5, 5.41) is 7.36. The normalized spacial score (nSPS) is 12.6. The average Bonchev–Trinajstić information content (AvgIpc) is 2.75. The Kier molecular flexibility index (Phi) is 5.88. The monoisotopic (exact) mass is 427 g/mol. The van der Waals surface area contributed by atoms with E-state index in [0.29, 0.717) is 26.9 Å². The lowest BCUT2D eigenvalue weighted by Gasteiger charge is -2.21. The molecule has 0 saturated heterocycles. The van der Waals surface area contributed by atoms with Crippen LogP contribution in [0.4, 0.5) is 11.4 Å². The minimum atomic E-state index is -0.241. The van der Waals surface area contributed by atoms with Crippen LogP contribution in [0.1, 0.15) is 27.9 Å². The summed E-state index contributed by atoms with van der Waals surface area (Å²) in [6, 6.07) is 12.7. The Morgan fingerprint density at radius 1 is 1.21 bits per heavy atom. The first-order valence-electron chi connectivity index (χ1n) is 9.29. The number of hydrogen-bond acceptors (Lipinski definition) is 4. The predicted molar refractivity (Wildman–Crippen MR) is 116 cm³/mol. The Morgan fingerprint density at radius 3 is 3.00 bits per heavy atom. The zero-order chi connectivity index (χ0) is 20.2. The molecule has 0 radical (unpaired) electrons. The third-order valence-corrected chi connectivity index (χ3v) is 5.30. The average molecular weight is 428 g/mol. The Balaban J connectivity index is 1.54. The number of nitrogens with one attached hydrogen (secondary N) is 2. The molecule has 29 heavy (non-hydrogen) atoms. The Labute approximate surface area is 179 Å². The van der Waals surface area contributed by atoms with Gasteiger partial charge in [0.25, 0.3) is 5.91 Å². The molecule has 0 spiro atoms. The van der Waals surface area contributed by atoms with Crippen molar-refractivity contribution < 1.29 is 9.53 Å². The maximum atomic E-state index is 13.0. The fraction of sp³-hybridized carbons (Fsp3) is 0.182. The molecule has 2 N–H and O–H groups in total. The number of fused-ring (bicyclic) bond motifs is 1. The number of ether oxygens (including phenoxy) is 1. The van der Waals surface area contributed by atoms with E-state index in [1.807, 2.05) is 12.1 Å². The molecule has 3 aromatic rings. The van der Waals surface area contributed by atoms with E-state index in [0.717, 1.165) is 30.8 Å². The lowest BCUT2D eigenvalue weighted by molar-refractivity contribution is 0.102. The van der Waals surface area contributed by atoms with Crippen LogP contribution in [-0.4, -0.2) is 17.4 Å². The number of hydrogen-bond donors (Lipinski definition) is 2. The van der Waals surface area contributed by atoms with E-state index >= 15 is 0 Å². The lowest BCUT2D eigenvalue weighted by atomic mass is 10.0. The minimum Gasteiger partial charge on any atom is -0.487 e. The second kappa shape index (κ2) is 8.72. The van der Waals surface area contributed by atoms with Gasteiger partial charge in [-0.1, -0.05) is 35.3 Å². The van der Waals surface area contributed by atoms with Gasteiger partial charge in [-0.05, 0) is 42.7 Å². The number of aryl methyl sites for hydroxylation is 1. The van der Waals surface area contributed by atoms with Crippen LogP contribution in [0, 0.1) is 0 Å². The van der Waals surface area contributed by atoms with E-state index in [-0.39, 0.29) is 12.5 Å². The molecule has 5 nitrogen and oxygen atoms in total. The first kappa shape index (κ1) is 19.6. The fourth-order valence-electron chi connectivity index (χ4n) is 3.30. The van der Waals surface area contributed by atoms with E-state index in [9.17, 15) is 4.79 Å². The van der Waals surface area contributed by atoms with Gasteiger partial charge in [-0.25, -0.2) is 0 Å². The number of aromatic nitrogens is 1. The van der Waals surface area contributed by atoms with Crippen molar-refractivity contribution >= 4 is 40.5 Å². The highest BCUT2D eigenvalue weighted by atomic mass is 35.5. The lowest BCUT2D eigenvalue weighted by Crippen LogP contribution is -2.19. The second-order valence-corrected chi connectivity index (χ2v) is 7.56. The number of halogens is 2. The highest BCUT2D eigenvalue weighted by molar-refractivity contribution is 6.34. The molecule has 148 valence electrons. The highest BCUT2D eigenvalue weighted by Crippen LogP contribution is 2.31. The van der Waals surface area contributed by atoms with Crippen molar-refractivity contribution in [2.24, 2.45) is 0 Å². The van der Waals surface area contributed by atoms with Crippen LogP contribution in [0.25, 0.3) is 0 Å². The Hall–Kier alpha value is -2.76. The third-order valence-electron chi connectivity index (χ3n) is 4.76. The maximum absolute atomic E-state index is 13.0. The SMILES string of the molecule is O=C(Nc1cccc2c1NCCC2)c1cnccc1COc1cc(Cl)ccc1Cl. The molecule has 4 rings (SSSR count). The number of rotatable bonds is 5. The van der Waals surface area contributed by atoms with Gasteiger partial charge in [0.05, 0.1) is 22.0 Å². The smallest absolute Gasteiger partial charge is 0.257 e. The van der Waals surface area contributed by atoms with E-state index in [1.54, 1.807) is 30.5 Å². The Bertz CT molecular complexity index is 1060. The van der Waals surface area contributed by atoms with E-state index in [2.05, 4.69) is 21.7 Å². The van der Waals surface area contributed by atoms with Crippen LogP contribution in [0.3, 0.4) is 0 Å². The first-order chi connectivity index (χ1) is 14.1. The zero-order valence-corrected chi connectivity index (χ0v) is 17.1. The molecule has 0 saturated carbocycles. The summed E-state index contributed by atoms with van der Waals surface area (Å²) in [6.45, 7) is 1.06. The molecular weight excluding hydrogens is 409 g/mol. The molecule has 1 aliphatic rings. The summed E-state index contributed by atoms with van der Waals surface area (Å²) >= 11 is 12.2. The van der Waals surface area contributed by atoms with Crippen molar-refractivity contribution in [1.82, 2.24) is 4.98 Å². The summed E-state index contributed by atoms with van der Waals surface area (Å²) < 4.78 is 5.80. The second-order valence-electron chi connectivity index (χ2n) is 6.72. The summed E-state index contributed by atoms with van der Waals surface area (Å²) in [7, 11) is 0. The van der Waals surface area contributed by atoms with Gasteiger partial charge in [0.1, 0.15) is 12.4 Å². The highest BCUT2D eigenvalue weighted by Gasteiger charge is 2.17. The molecule has 2 aromatic carbocycles. The number of anilines is 2.